The molecule has 170 valence electrons. The minimum atomic E-state index is -0.120. The number of thioether (sulfide) groups is 1. The first-order valence-electron chi connectivity index (χ1n) is 10.7. The summed E-state index contributed by atoms with van der Waals surface area (Å²) in [6.07, 6.45) is 1.92. The molecule has 5 nitrogen and oxygen atoms in total. The third-order valence-corrected chi connectivity index (χ3v) is 7.70. The number of nitrogens with zero attached hydrogens (tertiary/aromatic N) is 2. The number of thiophene rings is 1. The number of hydrogen-bond acceptors (Lipinski definition) is 5. The molecule has 2 aromatic carbocycles. The lowest BCUT2D eigenvalue weighted by Crippen LogP contribution is -2.26. The average Bonchev–Trinajstić information content (AvgIpc) is 3.13. The molecule has 0 aliphatic rings. The Labute approximate surface area is 205 Å². The van der Waals surface area contributed by atoms with Gasteiger partial charge in [0.05, 0.1) is 16.8 Å². The predicted molar refractivity (Wildman–Crippen MR) is 138 cm³/mol. The number of amides is 1. The number of hydrogen-bond donors (Lipinski definition) is 1. The van der Waals surface area contributed by atoms with E-state index in [1.165, 1.54) is 16.6 Å². The summed E-state index contributed by atoms with van der Waals surface area (Å²) >= 11 is 8.89. The minimum absolute atomic E-state index is 0.116. The maximum Gasteiger partial charge on any atom is 0.267 e. The Balaban J connectivity index is 1.66. The third kappa shape index (κ3) is 5.32. The minimum Gasteiger partial charge on any atom is -0.351 e. The van der Waals surface area contributed by atoms with Crippen molar-refractivity contribution in [1.29, 1.82) is 0 Å². The zero-order chi connectivity index (χ0) is 23.4. The lowest BCUT2D eigenvalue weighted by molar-refractivity contribution is -0.118. The summed E-state index contributed by atoms with van der Waals surface area (Å²) in [5.74, 6) is 0.0414. The van der Waals surface area contributed by atoms with Gasteiger partial charge in [-0.2, -0.15) is 0 Å². The van der Waals surface area contributed by atoms with E-state index in [1.807, 2.05) is 37.3 Å². The van der Waals surface area contributed by atoms with Gasteiger partial charge in [-0.1, -0.05) is 67.0 Å². The molecule has 1 amide bonds. The SMILES string of the molecule is CCCc1sc2nc(SCC(=O)NCc3ccccc3)n(-c3ccc(Cl)cc3)c(=O)c2c1C. The van der Waals surface area contributed by atoms with E-state index < -0.39 is 0 Å². The molecule has 0 spiro atoms. The molecule has 0 saturated heterocycles. The number of nitrogens with one attached hydrogen (secondary N) is 1. The predicted octanol–water partition coefficient (Wildman–Crippen LogP) is 5.77. The van der Waals surface area contributed by atoms with Crippen molar-refractivity contribution in [3.8, 4) is 5.69 Å². The molecule has 0 aliphatic carbocycles. The number of rotatable bonds is 8. The van der Waals surface area contributed by atoms with Gasteiger partial charge in [0.15, 0.2) is 5.16 Å². The first-order valence-corrected chi connectivity index (χ1v) is 12.9. The second-order valence-corrected chi connectivity index (χ2v) is 10.1. The molecule has 0 fully saturated rings. The summed E-state index contributed by atoms with van der Waals surface area (Å²) in [4.78, 5) is 32.8. The molecule has 33 heavy (non-hydrogen) atoms. The van der Waals surface area contributed by atoms with Crippen LogP contribution >= 0.6 is 34.7 Å². The van der Waals surface area contributed by atoms with Crippen molar-refractivity contribution in [2.24, 2.45) is 0 Å². The molecule has 4 rings (SSSR count). The number of benzene rings is 2. The van der Waals surface area contributed by atoms with Gasteiger partial charge >= 0.3 is 0 Å². The molecule has 0 saturated carbocycles. The van der Waals surface area contributed by atoms with E-state index in [2.05, 4.69) is 12.2 Å². The van der Waals surface area contributed by atoms with Gasteiger partial charge in [0.25, 0.3) is 5.56 Å². The molecule has 2 heterocycles. The Morgan fingerprint density at radius 2 is 1.88 bits per heavy atom. The van der Waals surface area contributed by atoms with E-state index >= 15 is 0 Å². The highest BCUT2D eigenvalue weighted by atomic mass is 35.5. The second-order valence-electron chi connectivity index (χ2n) is 7.64. The third-order valence-electron chi connectivity index (χ3n) is 5.26. The Bertz CT molecular complexity index is 1330. The number of halogens is 1. The standard InChI is InChI=1S/C25H24ClN3O2S2/c1-3-7-20-16(2)22-23(33-20)28-25(29(24(22)31)19-12-10-18(26)11-13-19)32-15-21(30)27-14-17-8-5-4-6-9-17/h4-6,8-13H,3,7,14-15H2,1-2H3,(H,27,30). The first-order chi connectivity index (χ1) is 16.0. The lowest BCUT2D eigenvalue weighted by Gasteiger charge is -2.12. The number of aromatic nitrogens is 2. The van der Waals surface area contributed by atoms with Crippen molar-refractivity contribution < 1.29 is 4.79 Å². The number of aryl methyl sites for hydroxylation is 2. The molecule has 2 aromatic heterocycles. The van der Waals surface area contributed by atoms with E-state index in [1.54, 1.807) is 40.2 Å². The Kier molecular flexibility index (Phi) is 7.53. The quantitative estimate of drug-likeness (QED) is 0.248. The summed E-state index contributed by atoms with van der Waals surface area (Å²) in [5, 5.41) is 4.66. The smallest absolute Gasteiger partial charge is 0.267 e. The van der Waals surface area contributed by atoms with E-state index in [0.717, 1.165) is 28.8 Å². The highest BCUT2D eigenvalue weighted by Crippen LogP contribution is 2.31. The average molecular weight is 498 g/mol. The molecule has 0 aliphatic heterocycles. The van der Waals surface area contributed by atoms with Crippen molar-refractivity contribution >= 4 is 50.8 Å². The van der Waals surface area contributed by atoms with Gasteiger partial charge < -0.3 is 5.32 Å². The normalized spacial score (nSPS) is 11.1. The number of fused-ring (bicyclic) bond motifs is 1. The Hall–Kier alpha value is -2.61. The van der Waals surface area contributed by atoms with Crippen LogP contribution in [0.3, 0.4) is 0 Å². The van der Waals surface area contributed by atoms with E-state index in [4.69, 9.17) is 16.6 Å². The fraction of sp³-hybridized carbons (Fsp3) is 0.240. The van der Waals surface area contributed by atoms with Crippen LogP contribution in [-0.4, -0.2) is 21.2 Å². The van der Waals surface area contributed by atoms with Gasteiger partial charge in [0.1, 0.15) is 4.83 Å². The van der Waals surface area contributed by atoms with Crippen LogP contribution in [0.5, 0.6) is 0 Å². The molecule has 0 unspecified atom stereocenters. The molecule has 4 aromatic rings. The van der Waals surface area contributed by atoms with Crippen LogP contribution in [0.2, 0.25) is 5.02 Å². The molecule has 1 N–H and O–H groups in total. The first kappa shape index (κ1) is 23.5. The highest BCUT2D eigenvalue weighted by molar-refractivity contribution is 7.99. The van der Waals surface area contributed by atoms with Crippen molar-refractivity contribution in [2.75, 3.05) is 5.75 Å². The molecule has 0 bridgehead atoms. The summed E-state index contributed by atoms with van der Waals surface area (Å²) in [5.41, 5.74) is 2.58. The van der Waals surface area contributed by atoms with Crippen LogP contribution in [0, 0.1) is 6.92 Å². The van der Waals surface area contributed by atoms with Gasteiger partial charge in [-0.3, -0.25) is 14.2 Å². The molecule has 0 atom stereocenters. The van der Waals surface area contributed by atoms with Crippen molar-refractivity contribution in [2.45, 2.75) is 38.4 Å². The van der Waals surface area contributed by atoms with Crippen LogP contribution in [-0.2, 0) is 17.8 Å². The largest absolute Gasteiger partial charge is 0.351 e. The molecule has 8 heteroatoms. The fourth-order valence-electron chi connectivity index (χ4n) is 3.57. The lowest BCUT2D eigenvalue weighted by atomic mass is 10.1. The Morgan fingerprint density at radius 1 is 1.15 bits per heavy atom. The second kappa shape index (κ2) is 10.5. The van der Waals surface area contributed by atoms with E-state index in [-0.39, 0.29) is 17.2 Å². The topological polar surface area (TPSA) is 64.0 Å². The maximum absolute atomic E-state index is 13.6. The number of carbonyl (C=O) groups excluding carboxylic acids is 1. The van der Waals surface area contributed by atoms with Crippen LogP contribution in [0.15, 0.2) is 64.5 Å². The van der Waals surface area contributed by atoms with Gasteiger partial charge in [-0.25, -0.2) is 4.98 Å². The zero-order valence-electron chi connectivity index (χ0n) is 18.4. The Morgan fingerprint density at radius 3 is 2.58 bits per heavy atom. The van der Waals surface area contributed by atoms with Crippen molar-refractivity contribution in [3.05, 3.63) is 86.0 Å². The van der Waals surface area contributed by atoms with Gasteiger partial charge in [-0.15, -0.1) is 11.3 Å². The van der Waals surface area contributed by atoms with Crippen molar-refractivity contribution in [3.63, 3.8) is 0 Å². The highest BCUT2D eigenvalue weighted by Gasteiger charge is 2.19. The number of carbonyl (C=O) groups is 1. The van der Waals surface area contributed by atoms with E-state index in [9.17, 15) is 9.59 Å². The zero-order valence-corrected chi connectivity index (χ0v) is 20.8. The van der Waals surface area contributed by atoms with Crippen LogP contribution in [0.25, 0.3) is 15.9 Å². The van der Waals surface area contributed by atoms with E-state index in [0.29, 0.717) is 27.8 Å². The fourth-order valence-corrected chi connectivity index (χ4v) is 5.86. The molecular formula is C25H24ClN3O2S2. The van der Waals surface area contributed by atoms with Crippen LogP contribution in [0.4, 0.5) is 0 Å². The van der Waals surface area contributed by atoms with Gasteiger partial charge in [0, 0.05) is 16.4 Å². The molecular weight excluding hydrogens is 474 g/mol. The summed E-state index contributed by atoms with van der Waals surface area (Å²) in [7, 11) is 0. The van der Waals surface area contributed by atoms with Gasteiger partial charge in [-0.05, 0) is 48.7 Å². The molecule has 0 radical (unpaired) electrons. The monoisotopic (exact) mass is 497 g/mol. The van der Waals surface area contributed by atoms with Gasteiger partial charge in [0.2, 0.25) is 5.91 Å². The summed E-state index contributed by atoms with van der Waals surface area (Å²) < 4.78 is 1.59. The van der Waals surface area contributed by atoms with Crippen LogP contribution < -0.4 is 10.9 Å². The van der Waals surface area contributed by atoms with Crippen molar-refractivity contribution in [1.82, 2.24) is 14.9 Å². The summed E-state index contributed by atoms with van der Waals surface area (Å²) in [6, 6.07) is 16.8. The maximum atomic E-state index is 13.6. The summed E-state index contributed by atoms with van der Waals surface area (Å²) in [6.45, 7) is 4.57. The van der Waals surface area contributed by atoms with Crippen LogP contribution in [0.1, 0.15) is 29.3 Å².